The molecule has 0 aliphatic heterocycles. The Balaban J connectivity index is 1.48. The molecule has 156 valence electrons. The maximum atomic E-state index is 6.01. The number of hydrogen-bond acceptors (Lipinski definition) is 7. The van der Waals surface area contributed by atoms with Gasteiger partial charge in [0.15, 0.2) is 0 Å². The maximum Gasteiger partial charge on any atom is 0.247 e. The SMILES string of the molecule is CN(C)CCCOc1ccc(-c2nnc(C(C)(S)c3cc4ccccc4s3)o2)cc1. The first-order valence-corrected chi connectivity index (χ1v) is 11.1. The van der Waals surface area contributed by atoms with Crippen molar-refractivity contribution in [1.82, 2.24) is 15.1 Å². The van der Waals surface area contributed by atoms with Gasteiger partial charge in [0, 0.05) is 21.7 Å². The molecule has 2 heterocycles. The molecule has 2 aromatic heterocycles. The standard InChI is InChI=1S/C23H25N3O2S2/c1-23(29,20-15-17-7-4-5-8-19(17)30-20)22-25-24-21(28-22)16-9-11-18(12-10-16)27-14-6-13-26(2)3/h4-5,7-12,15,29H,6,13-14H2,1-3H3. The van der Waals surface area contributed by atoms with Crippen molar-refractivity contribution in [2.24, 2.45) is 0 Å². The van der Waals surface area contributed by atoms with E-state index in [0.717, 1.165) is 29.2 Å². The second-order valence-electron chi connectivity index (χ2n) is 7.66. The molecule has 1 unspecified atom stereocenters. The van der Waals surface area contributed by atoms with E-state index in [0.29, 0.717) is 18.4 Å². The van der Waals surface area contributed by atoms with Crippen LogP contribution in [0.3, 0.4) is 0 Å². The number of hydrogen-bond donors (Lipinski definition) is 1. The van der Waals surface area contributed by atoms with E-state index in [4.69, 9.17) is 21.8 Å². The van der Waals surface area contributed by atoms with Crippen molar-refractivity contribution in [1.29, 1.82) is 0 Å². The Morgan fingerprint density at radius 3 is 2.60 bits per heavy atom. The number of thiophene rings is 1. The minimum Gasteiger partial charge on any atom is -0.494 e. The summed E-state index contributed by atoms with van der Waals surface area (Å²) in [6.45, 7) is 3.68. The van der Waals surface area contributed by atoms with Crippen LogP contribution in [0.1, 0.15) is 24.1 Å². The molecule has 7 heteroatoms. The molecule has 0 aliphatic rings. The number of fused-ring (bicyclic) bond motifs is 1. The highest BCUT2D eigenvalue weighted by atomic mass is 32.1. The van der Waals surface area contributed by atoms with E-state index in [1.54, 1.807) is 11.3 Å². The lowest BCUT2D eigenvalue weighted by Crippen LogP contribution is -2.15. The zero-order chi connectivity index (χ0) is 21.1. The summed E-state index contributed by atoms with van der Waals surface area (Å²) >= 11 is 6.56. The van der Waals surface area contributed by atoms with Crippen LogP contribution in [0.15, 0.2) is 59.0 Å². The van der Waals surface area contributed by atoms with Gasteiger partial charge in [-0.25, -0.2) is 0 Å². The summed E-state index contributed by atoms with van der Waals surface area (Å²) < 4.78 is 12.4. The van der Waals surface area contributed by atoms with E-state index >= 15 is 0 Å². The Morgan fingerprint density at radius 1 is 1.10 bits per heavy atom. The maximum absolute atomic E-state index is 6.01. The van der Waals surface area contributed by atoms with E-state index in [2.05, 4.69) is 47.4 Å². The Hall–Kier alpha value is -2.35. The smallest absolute Gasteiger partial charge is 0.247 e. The van der Waals surface area contributed by atoms with Gasteiger partial charge in [-0.15, -0.1) is 21.5 Å². The number of ether oxygens (including phenoxy) is 1. The second kappa shape index (κ2) is 8.79. The van der Waals surface area contributed by atoms with Crippen molar-refractivity contribution >= 4 is 34.1 Å². The average molecular weight is 440 g/mol. The molecular formula is C23H25N3O2S2. The van der Waals surface area contributed by atoms with Gasteiger partial charge >= 0.3 is 0 Å². The van der Waals surface area contributed by atoms with Crippen molar-refractivity contribution in [2.45, 2.75) is 18.1 Å². The summed E-state index contributed by atoms with van der Waals surface area (Å²) in [5.74, 6) is 1.79. The van der Waals surface area contributed by atoms with Crippen LogP contribution in [0, 0.1) is 0 Å². The molecule has 0 bridgehead atoms. The summed E-state index contributed by atoms with van der Waals surface area (Å²) in [7, 11) is 4.12. The van der Waals surface area contributed by atoms with Gasteiger partial charge in [-0.3, -0.25) is 0 Å². The fourth-order valence-electron chi connectivity index (χ4n) is 3.13. The summed E-state index contributed by atoms with van der Waals surface area (Å²) in [6.07, 6.45) is 0.986. The monoisotopic (exact) mass is 439 g/mol. The zero-order valence-corrected chi connectivity index (χ0v) is 19.0. The van der Waals surface area contributed by atoms with Gasteiger partial charge in [0.1, 0.15) is 10.5 Å². The second-order valence-corrected chi connectivity index (χ2v) is 9.64. The third-order valence-electron chi connectivity index (χ3n) is 4.87. The van der Waals surface area contributed by atoms with Crippen LogP contribution in [0.5, 0.6) is 5.75 Å². The lowest BCUT2D eigenvalue weighted by Gasteiger charge is -2.16. The molecule has 0 aliphatic carbocycles. The zero-order valence-electron chi connectivity index (χ0n) is 17.3. The van der Waals surface area contributed by atoms with Crippen LogP contribution in [0.25, 0.3) is 21.5 Å². The molecular weight excluding hydrogens is 414 g/mol. The van der Waals surface area contributed by atoms with Gasteiger partial charge in [0.25, 0.3) is 0 Å². The molecule has 0 saturated heterocycles. The first-order chi connectivity index (χ1) is 14.4. The van der Waals surface area contributed by atoms with Crippen molar-refractivity contribution in [3.63, 3.8) is 0 Å². The van der Waals surface area contributed by atoms with Crippen molar-refractivity contribution in [3.05, 3.63) is 65.4 Å². The molecule has 0 saturated carbocycles. The quantitative estimate of drug-likeness (QED) is 0.291. The fourth-order valence-corrected chi connectivity index (χ4v) is 4.52. The van der Waals surface area contributed by atoms with Crippen LogP contribution < -0.4 is 4.74 Å². The molecule has 30 heavy (non-hydrogen) atoms. The van der Waals surface area contributed by atoms with E-state index in [9.17, 15) is 0 Å². The van der Waals surface area contributed by atoms with Gasteiger partial charge < -0.3 is 14.1 Å². The van der Waals surface area contributed by atoms with Gasteiger partial charge in [0.2, 0.25) is 11.8 Å². The van der Waals surface area contributed by atoms with Gasteiger partial charge in [-0.05, 0) is 69.2 Å². The van der Waals surface area contributed by atoms with Gasteiger partial charge in [-0.1, -0.05) is 18.2 Å². The Bertz CT molecular complexity index is 1080. The fraction of sp³-hybridized carbons (Fsp3) is 0.304. The summed E-state index contributed by atoms with van der Waals surface area (Å²) in [6, 6.07) is 18.2. The molecule has 0 N–H and O–H groups in total. The van der Waals surface area contributed by atoms with Crippen LogP contribution in [-0.4, -0.2) is 42.3 Å². The highest BCUT2D eigenvalue weighted by Gasteiger charge is 2.33. The lowest BCUT2D eigenvalue weighted by molar-refractivity contribution is 0.281. The Labute approximate surface area is 186 Å². The number of aromatic nitrogens is 2. The largest absolute Gasteiger partial charge is 0.494 e. The van der Waals surface area contributed by atoms with E-state index < -0.39 is 4.75 Å². The lowest BCUT2D eigenvalue weighted by atomic mass is 10.1. The normalized spacial score (nSPS) is 13.6. The first kappa shape index (κ1) is 20.9. The molecule has 0 fully saturated rings. The van der Waals surface area contributed by atoms with Crippen LogP contribution in [0.4, 0.5) is 0 Å². The van der Waals surface area contributed by atoms with Crippen LogP contribution >= 0.6 is 24.0 Å². The van der Waals surface area contributed by atoms with E-state index in [1.807, 2.05) is 43.3 Å². The highest BCUT2D eigenvalue weighted by molar-refractivity contribution is 7.81. The average Bonchev–Trinajstić information content (AvgIpc) is 3.39. The molecule has 1 atom stereocenters. The molecule has 2 aromatic carbocycles. The number of thiol groups is 1. The summed E-state index contributed by atoms with van der Waals surface area (Å²) in [5, 5.41) is 9.73. The predicted molar refractivity (Wildman–Crippen MR) is 126 cm³/mol. The predicted octanol–water partition coefficient (Wildman–Crippen LogP) is 5.48. The minimum atomic E-state index is -0.662. The molecule has 4 rings (SSSR count). The van der Waals surface area contributed by atoms with Crippen molar-refractivity contribution in [3.8, 4) is 17.2 Å². The number of benzene rings is 2. The molecule has 0 spiro atoms. The van der Waals surface area contributed by atoms with E-state index in [-0.39, 0.29) is 0 Å². The third kappa shape index (κ3) is 4.53. The van der Waals surface area contributed by atoms with Crippen LogP contribution in [0.2, 0.25) is 0 Å². The van der Waals surface area contributed by atoms with E-state index in [1.165, 1.54) is 10.1 Å². The topological polar surface area (TPSA) is 51.4 Å². The highest BCUT2D eigenvalue weighted by Crippen LogP contribution is 2.41. The van der Waals surface area contributed by atoms with Gasteiger partial charge in [0.05, 0.1) is 6.61 Å². The number of nitrogens with zero attached hydrogens (tertiary/aromatic N) is 3. The Kier molecular flexibility index (Phi) is 6.13. The Morgan fingerprint density at radius 2 is 1.87 bits per heavy atom. The molecule has 0 radical (unpaired) electrons. The first-order valence-electron chi connectivity index (χ1n) is 9.87. The summed E-state index contributed by atoms with van der Waals surface area (Å²) in [4.78, 5) is 3.22. The number of rotatable bonds is 8. The molecule has 5 nitrogen and oxygen atoms in total. The molecule has 4 aromatic rings. The van der Waals surface area contributed by atoms with Crippen molar-refractivity contribution < 1.29 is 9.15 Å². The van der Waals surface area contributed by atoms with Gasteiger partial charge in [-0.2, -0.15) is 12.6 Å². The van der Waals surface area contributed by atoms with Crippen molar-refractivity contribution in [2.75, 3.05) is 27.2 Å². The third-order valence-corrected chi connectivity index (χ3v) is 6.79. The summed E-state index contributed by atoms with van der Waals surface area (Å²) in [5.41, 5.74) is 0.856. The molecule has 0 amide bonds. The van der Waals surface area contributed by atoms with Crippen LogP contribution in [-0.2, 0) is 4.75 Å². The minimum absolute atomic E-state index is 0.477.